The standard InChI is InChI=1S/C31H38ClFN6O4/c1-30(2,3)43-29(41)39-17-31(18-39)10-13-38(14-11-31)27-20-15-21(32)25(24-22(33)8-5-9-23(24)40)34-26(20)35-28(36-27)42-16-19-7-6-12-37(19)4/h5,8-9,15,19,40H,6-7,10-14,16-18H2,1-4H3/t19-/m0/s1. The number of rotatable bonds is 5. The lowest BCUT2D eigenvalue weighted by molar-refractivity contribution is -0.0434. The minimum atomic E-state index is -0.633. The Morgan fingerprint density at radius 3 is 2.56 bits per heavy atom. The number of piperidine rings is 1. The fourth-order valence-electron chi connectivity index (χ4n) is 6.31. The summed E-state index contributed by atoms with van der Waals surface area (Å²) >= 11 is 6.66. The number of nitrogens with zero attached hydrogens (tertiary/aromatic N) is 6. The molecule has 3 aliphatic heterocycles. The SMILES string of the molecule is CN1CCC[C@H]1COc1nc(N2CCC3(CC2)CN(C(=O)OC(C)(C)C)C3)c2cc(Cl)c(-c3c(O)cccc3F)nc2n1. The molecule has 230 valence electrons. The maximum absolute atomic E-state index is 14.8. The number of halogens is 2. The molecule has 43 heavy (non-hydrogen) atoms. The number of benzene rings is 1. The van der Waals surface area contributed by atoms with Gasteiger partial charge in [-0.3, -0.25) is 0 Å². The van der Waals surface area contributed by atoms with Crippen molar-refractivity contribution in [3.63, 3.8) is 0 Å². The second-order valence-electron chi connectivity index (χ2n) is 13.1. The first kappa shape index (κ1) is 29.6. The van der Waals surface area contributed by atoms with Crippen molar-refractivity contribution >= 4 is 34.5 Å². The van der Waals surface area contributed by atoms with Crippen LogP contribution in [0.1, 0.15) is 46.5 Å². The molecule has 6 rings (SSSR count). The number of carbonyl (C=O) groups is 1. The van der Waals surface area contributed by atoms with E-state index in [1.165, 1.54) is 18.2 Å². The predicted molar refractivity (Wildman–Crippen MR) is 162 cm³/mol. The van der Waals surface area contributed by atoms with Gasteiger partial charge in [-0.15, -0.1) is 0 Å². The van der Waals surface area contributed by atoms with Crippen LogP contribution in [0.15, 0.2) is 24.3 Å². The largest absolute Gasteiger partial charge is 0.507 e. The zero-order chi connectivity index (χ0) is 30.5. The molecule has 2 aromatic heterocycles. The van der Waals surface area contributed by atoms with Crippen molar-refractivity contribution in [1.82, 2.24) is 24.8 Å². The van der Waals surface area contributed by atoms with Crippen LogP contribution in [0, 0.1) is 11.2 Å². The van der Waals surface area contributed by atoms with Gasteiger partial charge < -0.3 is 29.3 Å². The maximum atomic E-state index is 14.8. The zero-order valence-corrected chi connectivity index (χ0v) is 25.8. The highest BCUT2D eigenvalue weighted by molar-refractivity contribution is 6.34. The highest BCUT2D eigenvalue weighted by atomic mass is 35.5. The average Bonchev–Trinajstić information content (AvgIpc) is 3.34. The molecule has 1 atom stereocenters. The van der Waals surface area contributed by atoms with Gasteiger partial charge in [0.05, 0.1) is 21.7 Å². The summed E-state index contributed by atoms with van der Waals surface area (Å²) in [6.45, 7) is 9.86. The van der Waals surface area contributed by atoms with E-state index >= 15 is 0 Å². The summed E-state index contributed by atoms with van der Waals surface area (Å²) in [5.74, 6) is -0.242. The van der Waals surface area contributed by atoms with Gasteiger partial charge in [-0.1, -0.05) is 17.7 Å². The van der Waals surface area contributed by atoms with Crippen LogP contribution in [0.25, 0.3) is 22.3 Å². The van der Waals surface area contributed by atoms with Gasteiger partial charge in [0.2, 0.25) is 0 Å². The molecule has 3 aliphatic rings. The molecule has 12 heteroatoms. The van der Waals surface area contributed by atoms with Crippen LogP contribution in [-0.4, -0.2) is 94.0 Å². The van der Waals surface area contributed by atoms with E-state index in [1.54, 1.807) is 11.0 Å². The average molecular weight is 613 g/mol. The summed E-state index contributed by atoms with van der Waals surface area (Å²) < 4.78 is 26.5. The fraction of sp³-hybridized carbons (Fsp3) is 0.548. The fourth-order valence-corrected chi connectivity index (χ4v) is 6.56. The number of aromatic hydroxyl groups is 1. The van der Waals surface area contributed by atoms with Gasteiger partial charge in [0, 0.05) is 37.6 Å². The van der Waals surface area contributed by atoms with E-state index < -0.39 is 11.4 Å². The predicted octanol–water partition coefficient (Wildman–Crippen LogP) is 5.50. The maximum Gasteiger partial charge on any atom is 0.410 e. The van der Waals surface area contributed by atoms with Crippen molar-refractivity contribution in [3.8, 4) is 23.0 Å². The van der Waals surface area contributed by atoms with Gasteiger partial charge in [0.25, 0.3) is 0 Å². The lowest BCUT2D eigenvalue weighted by atomic mass is 9.72. The van der Waals surface area contributed by atoms with Gasteiger partial charge in [-0.2, -0.15) is 9.97 Å². The van der Waals surface area contributed by atoms with E-state index in [-0.39, 0.29) is 45.6 Å². The van der Waals surface area contributed by atoms with E-state index in [0.717, 1.165) is 32.2 Å². The van der Waals surface area contributed by atoms with E-state index in [2.05, 4.69) is 26.8 Å². The quantitative estimate of drug-likeness (QED) is 0.400. The Morgan fingerprint density at radius 1 is 1.16 bits per heavy atom. The Balaban J connectivity index is 1.28. The first-order valence-corrected chi connectivity index (χ1v) is 15.2. The Hall–Kier alpha value is -3.44. The normalized spacial score (nSPS) is 20.5. The Bertz CT molecular complexity index is 1510. The number of phenolic OH excluding ortho intramolecular Hbond substituents is 1. The van der Waals surface area contributed by atoms with Gasteiger partial charge in [-0.05, 0) is 78.2 Å². The number of amides is 1. The minimum Gasteiger partial charge on any atom is -0.507 e. The third-order valence-corrected chi connectivity index (χ3v) is 9.02. The van der Waals surface area contributed by atoms with Crippen molar-refractivity contribution in [2.75, 3.05) is 51.3 Å². The lowest BCUT2D eigenvalue weighted by Crippen LogP contribution is -2.62. The van der Waals surface area contributed by atoms with Crippen LogP contribution in [0.3, 0.4) is 0 Å². The number of fused-ring (bicyclic) bond motifs is 1. The zero-order valence-electron chi connectivity index (χ0n) is 25.1. The Morgan fingerprint density at radius 2 is 1.91 bits per heavy atom. The van der Waals surface area contributed by atoms with E-state index in [0.29, 0.717) is 49.6 Å². The van der Waals surface area contributed by atoms with Crippen LogP contribution in [0.2, 0.25) is 5.02 Å². The molecule has 1 aromatic carbocycles. The third-order valence-electron chi connectivity index (χ3n) is 8.73. The first-order chi connectivity index (χ1) is 20.4. The Kier molecular flexibility index (Phi) is 7.75. The van der Waals surface area contributed by atoms with Crippen molar-refractivity contribution in [2.24, 2.45) is 5.41 Å². The molecule has 1 amide bonds. The van der Waals surface area contributed by atoms with Crippen LogP contribution >= 0.6 is 11.6 Å². The molecule has 3 aromatic rings. The number of likely N-dealkylation sites (N-methyl/N-ethyl adjacent to an activating group) is 1. The minimum absolute atomic E-state index is 0.0497. The molecule has 0 radical (unpaired) electrons. The van der Waals surface area contributed by atoms with Crippen LogP contribution in [-0.2, 0) is 4.74 Å². The van der Waals surface area contributed by atoms with E-state index in [4.69, 9.17) is 26.1 Å². The molecule has 5 heterocycles. The van der Waals surface area contributed by atoms with Crippen molar-refractivity contribution < 1.29 is 23.8 Å². The molecular formula is C31H38ClFN6O4. The van der Waals surface area contributed by atoms with Crippen LogP contribution in [0.5, 0.6) is 11.8 Å². The summed E-state index contributed by atoms with van der Waals surface area (Å²) in [6, 6.07) is 6.23. The number of aromatic nitrogens is 3. The summed E-state index contributed by atoms with van der Waals surface area (Å²) in [5, 5.41) is 11.2. The van der Waals surface area contributed by atoms with Crippen LogP contribution < -0.4 is 9.64 Å². The number of likely N-dealkylation sites (tertiary alicyclic amines) is 2. The molecule has 0 aliphatic carbocycles. The number of anilines is 1. The smallest absolute Gasteiger partial charge is 0.410 e. The van der Waals surface area contributed by atoms with Gasteiger partial charge in [-0.25, -0.2) is 14.2 Å². The Labute approximate surface area is 255 Å². The molecule has 0 unspecified atom stereocenters. The highest BCUT2D eigenvalue weighted by Gasteiger charge is 2.48. The third kappa shape index (κ3) is 6.02. The molecule has 3 fully saturated rings. The summed E-state index contributed by atoms with van der Waals surface area (Å²) in [4.78, 5) is 32.8. The molecule has 1 N–H and O–H groups in total. The topological polar surface area (TPSA) is 104 Å². The van der Waals surface area contributed by atoms with Crippen molar-refractivity contribution in [1.29, 1.82) is 0 Å². The molecule has 1 spiro atoms. The van der Waals surface area contributed by atoms with Gasteiger partial charge >= 0.3 is 12.1 Å². The number of carbonyl (C=O) groups excluding carboxylic acids is 1. The van der Waals surface area contributed by atoms with Crippen molar-refractivity contribution in [2.45, 2.75) is 58.1 Å². The van der Waals surface area contributed by atoms with E-state index in [9.17, 15) is 14.3 Å². The highest BCUT2D eigenvalue weighted by Crippen LogP contribution is 2.43. The second-order valence-corrected chi connectivity index (χ2v) is 13.5. The second kappa shape index (κ2) is 11.2. The summed E-state index contributed by atoms with van der Waals surface area (Å²) in [5.41, 5.74) is -0.144. The molecule has 3 saturated heterocycles. The first-order valence-electron chi connectivity index (χ1n) is 14.8. The number of phenols is 1. The van der Waals surface area contributed by atoms with E-state index in [1.807, 2.05) is 20.8 Å². The van der Waals surface area contributed by atoms with Crippen LogP contribution in [0.4, 0.5) is 15.0 Å². The number of pyridine rings is 1. The monoisotopic (exact) mass is 612 g/mol. The van der Waals surface area contributed by atoms with Gasteiger partial charge in [0.15, 0.2) is 5.65 Å². The number of hydrogen-bond acceptors (Lipinski definition) is 9. The van der Waals surface area contributed by atoms with Gasteiger partial charge in [0.1, 0.15) is 29.6 Å². The summed E-state index contributed by atoms with van der Waals surface area (Å²) in [7, 11) is 2.08. The molecule has 10 nitrogen and oxygen atoms in total. The molecule has 0 bridgehead atoms. The number of ether oxygens (including phenoxy) is 2. The summed E-state index contributed by atoms with van der Waals surface area (Å²) in [6.07, 6.45) is 3.64. The molecule has 0 saturated carbocycles. The lowest BCUT2D eigenvalue weighted by Gasteiger charge is -2.53. The number of hydrogen-bond donors (Lipinski definition) is 1. The van der Waals surface area contributed by atoms with Crippen molar-refractivity contribution in [3.05, 3.63) is 35.1 Å². The molecular weight excluding hydrogens is 575 g/mol.